The molecule has 0 aromatic carbocycles. The van der Waals surface area contributed by atoms with Gasteiger partial charge in [-0.15, -0.1) is 10.2 Å². The molecular formula is C7H10N8O. The number of nitrogens with one attached hydrogen (secondary N) is 3. The molecule has 0 aliphatic carbocycles. The fourth-order valence-electron chi connectivity index (χ4n) is 1.11. The lowest BCUT2D eigenvalue weighted by Gasteiger charge is -1.99. The number of anilines is 1. The van der Waals surface area contributed by atoms with Crippen LogP contribution in [-0.2, 0) is 6.54 Å². The Morgan fingerprint density at radius 2 is 2.31 bits per heavy atom. The number of aromatic amines is 2. The van der Waals surface area contributed by atoms with E-state index in [1.807, 2.05) is 0 Å². The van der Waals surface area contributed by atoms with Crippen molar-refractivity contribution in [1.29, 1.82) is 0 Å². The van der Waals surface area contributed by atoms with Crippen molar-refractivity contribution in [3.63, 3.8) is 0 Å². The number of aromatic nitrogens is 6. The maximum atomic E-state index is 11.6. The summed E-state index contributed by atoms with van der Waals surface area (Å²) in [6, 6.07) is 0. The molecule has 0 unspecified atom stereocenters. The normalized spacial score (nSPS) is 10.3. The number of aryl methyl sites for hydroxylation is 1. The molecule has 0 saturated heterocycles. The summed E-state index contributed by atoms with van der Waals surface area (Å²) in [6.07, 6.45) is 0. The monoisotopic (exact) mass is 222 g/mol. The van der Waals surface area contributed by atoms with E-state index in [9.17, 15) is 4.79 Å². The molecule has 16 heavy (non-hydrogen) atoms. The highest BCUT2D eigenvalue weighted by Crippen LogP contribution is 2.11. The lowest BCUT2D eigenvalue weighted by molar-refractivity contribution is 0.0946. The molecule has 1 amide bonds. The van der Waals surface area contributed by atoms with Gasteiger partial charge in [0, 0.05) is 0 Å². The molecule has 84 valence electrons. The number of nitrogens with zero attached hydrogens (tertiary/aromatic N) is 4. The second-order valence-corrected chi connectivity index (χ2v) is 3.12. The van der Waals surface area contributed by atoms with Gasteiger partial charge in [0.25, 0.3) is 5.91 Å². The Bertz CT molecular complexity index is 486. The fourth-order valence-corrected chi connectivity index (χ4v) is 1.11. The molecule has 2 aromatic rings. The van der Waals surface area contributed by atoms with Crippen molar-refractivity contribution in [2.24, 2.45) is 0 Å². The number of nitrogens with two attached hydrogens (primary N) is 1. The highest BCUT2D eigenvalue weighted by atomic mass is 16.2. The first-order chi connectivity index (χ1) is 7.68. The molecule has 0 radical (unpaired) electrons. The van der Waals surface area contributed by atoms with Gasteiger partial charge < -0.3 is 11.1 Å². The van der Waals surface area contributed by atoms with Crippen LogP contribution in [0.4, 0.5) is 5.69 Å². The van der Waals surface area contributed by atoms with Crippen molar-refractivity contribution >= 4 is 11.6 Å². The zero-order valence-electron chi connectivity index (χ0n) is 8.48. The standard InChI is InChI=1S/C7H10N8O/c1-3-5(8)6(13-10-3)7(16)9-2-4-11-14-15-12-4/h2,8H2,1H3,(H,9,16)(H,10,13)(H,11,12,14,15). The van der Waals surface area contributed by atoms with E-state index >= 15 is 0 Å². The molecule has 0 bridgehead atoms. The number of carbonyl (C=O) groups is 1. The third-order valence-corrected chi connectivity index (χ3v) is 2.01. The molecule has 2 heterocycles. The predicted molar refractivity (Wildman–Crippen MR) is 53.1 cm³/mol. The summed E-state index contributed by atoms with van der Waals surface area (Å²) in [4.78, 5) is 11.6. The van der Waals surface area contributed by atoms with Crippen molar-refractivity contribution in [1.82, 2.24) is 36.1 Å². The quantitative estimate of drug-likeness (QED) is 0.511. The van der Waals surface area contributed by atoms with Crippen LogP contribution in [0.25, 0.3) is 0 Å². The number of rotatable bonds is 3. The van der Waals surface area contributed by atoms with E-state index in [4.69, 9.17) is 5.73 Å². The Kier molecular flexibility index (Phi) is 2.50. The number of hydrogen-bond donors (Lipinski definition) is 4. The summed E-state index contributed by atoms with van der Waals surface area (Å²) in [5, 5.41) is 22.0. The molecule has 0 atom stereocenters. The third kappa shape index (κ3) is 1.82. The van der Waals surface area contributed by atoms with Crippen LogP contribution < -0.4 is 11.1 Å². The summed E-state index contributed by atoms with van der Waals surface area (Å²) in [5.74, 6) is 0.00540. The SMILES string of the molecule is Cc1[nH]nc(C(=O)NCc2nn[nH]n2)c1N. The van der Waals surface area contributed by atoms with E-state index in [1.165, 1.54) is 0 Å². The fraction of sp³-hybridized carbons (Fsp3) is 0.286. The highest BCUT2D eigenvalue weighted by molar-refractivity contribution is 5.97. The minimum atomic E-state index is -0.383. The molecule has 0 aliphatic heterocycles. The molecule has 2 aromatic heterocycles. The Labute approximate surface area is 89.8 Å². The zero-order valence-corrected chi connectivity index (χ0v) is 8.48. The van der Waals surface area contributed by atoms with E-state index in [-0.39, 0.29) is 18.1 Å². The molecule has 0 spiro atoms. The topological polar surface area (TPSA) is 138 Å². The largest absolute Gasteiger partial charge is 0.395 e. The number of H-pyrrole nitrogens is 2. The summed E-state index contributed by atoms with van der Waals surface area (Å²) >= 11 is 0. The Balaban J connectivity index is 2.01. The van der Waals surface area contributed by atoms with Crippen molar-refractivity contribution < 1.29 is 4.79 Å². The minimum absolute atomic E-state index is 0.167. The van der Waals surface area contributed by atoms with Crippen molar-refractivity contribution in [2.45, 2.75) is 13.5 Å². The highest BCUT2D eigenvalue weighted by Gasteiger charge is 2.15. The van der Waals surface area contributed by atoms with Gasteiger partial charge in [0.2, 0.25) is 0 Å². The van der Waals surface area contributed by atoms with Crippen LogP contribution in [0.3, 0.4) is 0 Å². The van der Waals surface area contributed by atoms with Gasteiger partial charge in [0.05, 0.1) is 17.9 Å². The maximum Gasteiger partial charge on any atom is 0.274 e. The van der Waals surface area contributed by atoms with E-state index in [2.05, 4.69) is 36.1 Å². The first-order valence-corrected chi connectivity index (χ1v) is 4.49. The molecule has 9 nitrogen and oxygen atoms in total. The second kappa shape index (κ2) is 3.96. The molecule has 5 N–H and O–H groups in total. The van der Waals surface area contributed by atoms with Gasteiger partial charge in [-0.05, 0) is 6.92 Å². The van der Waals surface area contributed by atoms with E-state index < -0.39 is 0 Å². The van der Waals surface area contributed by atoms with Gasteiger partial charge in [0.15, 0.2) is 11.5 Å². The summed E-state index contributed by atoms with van der Waals surface area (Å²) in [5.41, 5.74) is 6.81. The Morgan fingerprint density at radius 1 is 1.50 bits per heavy atom. The average molecular weight is 222 g/mol. The zero-order chi connectivity index (χ0) is 11.5. The summed E-state index contributed by atoms with van der Waals surface area (Å²) in [7, 11) is 0. The lowest BCUT2D eigenvalue weighted by Crippen LogP contribution is -2.24. The first-order valence-electron chi connectivity index (χ1n) is 4.49. The summed E-state index contributed by atoms with van der Waals surface area (Å²) in [6.45, 7) is 1.90. The van der Waals surface area contributed by atoms with Crippen molar-refractivity contribution in [2.75, 3.05) is 5.73 Å². The smallest absolute Gasteiger partial charge is 0.274 e. The summed E-state index contributed by atoms with van der Waals surface area (Å²) < 4.78 is 0. The van der Waals surface area contributed by atoms with Crippen molar-refractivity contribution in [3.05, 3.63) is 17.2 Å². The van der Waals surface area contributed by atoms with Crippen LogP contribution in [-0.4, -0.2) is 36.7 Å². The Morgan fingerprint density at radius 3 is 2.88 bits per heavy atom. The van der Waals surface area contributed by atoms with E-state index in [0.29, 0.717) is 17.2 Å². The third-order valence-electron chi connectivity index (χ3n) is 2.01. The number of hydrogen-bond acceptors (Lipinski definition) is 6. The molecule has 0 saturated carbocycles. The van der Waals surface area contributed by atoms with Gasteiger partial charge in [-0.2, -0.15) is 10.3 Å². The maximum absolute atomic E-state index is 11.6. The van der Waals surface area contributed by atoms with Gasteiger partial charge in [-0.1, -0.05) is 5.21 Å². The molecule has 2 rings (SSSR count). The number of carbonyl (C=O) groups excluding carboxylic acids is 1. The lowest BCUT2D eigenvalue weighted by atomic mass is 10.3. The molecule has 0 fully saturated rings. The van der Waals surface area contributed by atoms with Crippen LogP contribution in [0.5, 0.6) is 0 Å². The van der Waals surface area contributed by atoms with Crippen LogP contribution >= 0.6 is 0 Å². The molecular weight excluding hydrogens is 212 g/mol. The number of amides is 1. The van der Waals surface area contributed by atoms with E-state index in [0.717, 1.165) is 0 Å². The van der Waals surface area contributed by atoms with Crippen molar-refractivity contribution in [3.8, 4) is 0 Å². The van der Waals surface area contributed by atoms with Gasteiger partial charge in [-0.3, -0.25) is 9.89 Å². The van der Waals surface area contributed by atoms with Crippen LogP contribution in [0.1, 0.15) is 22.0 Å². The van der Waals surface area contributed by atoms with Crippen LogP contribution in [0, 0.1) is 6.92 Å². The predicted octanol–water partition coefficient (Wildman–Crippen LogP) is -1.26. The first kappa shape index (κ1) is 10.1. The number of nitrogen functional groups attached to an aromatic ring is 1. The average Bonchev–Trinajstić information content (AvgIpc) is 2.88. The second-order valence-electron chi connectivity index (χ2n) is 3.12. The minimum Gasteiger partial charge on any atom is -0.395 e. The van der Waals surface area contributed by atoms with Crippen LogP contribution in [0.15, 0.2) is 0 Å². The molecule has 9 heteroatoms. The molecule has 0 aliphatic rings. The van der Waals surface area contributed by atoms with E-state index in [1.54, 1.807) is 6.92 Å². The van der Waals surface area contributed by atoms with Gasteiger partial charge >= 0.3 is 0 Å². The van der Waals surface area contributed by atoms with Crippen LogP contribution in [0.2, 0.25) is 0 Å². The van der Waals surface area contributed by atoms with Gasteiger partial charge in [0.1, 0.15) is 0 Å². The Hall–Kier alpha value is -2.45. The van der Waals surface area contributed by atoms with Gasteiger partial charge in [-0.25, -0.2) is 0 Å². The number of tetrazole rings is 1.